The van der Waals surface area contributed by atoms with E-state index in [1.807, 2.05) is 6.07 Å². The van der Waals surface area contributed by atoms with Crippen molar-refractivity contribution in [2.75, 3.05) is 6.54 Å². The van der Waals surface area contributed by atoms with Crippen LogP contribution < -0.4 is 5.73 Å². The summed E-state index contributed by atoms with van der Waals surface area (Å²) in [5.74, 6) is 0.861. The Balaban J connectivity index is 1.81. The molecular weight excluding hydrogens is 236 g/mol. The molecule has 1 aromatic heterocycles. The molecule has 4 nitrogen and oxygen atoms in total. The lowest BCUT2D eigenvalue weighted by molar-refractivity contribution is 0.162. The standard InChI is InChI=1S/C15H18N4/c16-9-14-8-12-4-1-2-5-13(12)10-19(14)11-15-17-6-3-7-18-15/h1-7,14H,8-11,16H2. The van der Waals surface area contributed by atoms with E-state index in [1.54, 1.807) is 12.4 Å². The van der Waals surface area contributed by atoms with E-state index in [1.165, 1.54) is 11.1 Å². The Morgan fingerprint density at radius 2 is 1.84 bits per heavy atom. The molecule has 98 valence electrons. The van der Waals surface area contributed by atoms with Crippen molar-refractivity contribution >= 4 is 0 Å². The van der Waals surface area contributed by atoms with Gasteiger partial charge in [0, 0.05) is 31.5 Å². The fraction of sp³-hybridized carbons (Fsp3) is 0.333. The van der Waals surface area contributed by atoms with Crippen molar-refractivity contribution in [1.82, 2.24) is 14.9 Å². The van der Waals surface area contributed by atoms with Gasteiger partial charge < -0.3 is 5.73 Å². The van der Waals surface area contributed by atoms with Crippen LogP contribution in [0, 0.1) is 0 Å². The van der Waals surface area contributed by atoms with Gasteiger partial charge in [0.25, 0.3) is 0 Å². The molecule has 1 aliphatic rings. The molecule has 0 aliphatic carbocycles. The molecule has 4 heteroatoms. The second-order valence-electron chi connectivity index (χ2n) is 4.93. The van der Waals surface area contributed by atoms with Gasteiger partial charge >= 0.3 is 0 Å². The fourth-order valence-corrected chi connectivity index (χ4v) is 2.65. The molecule has 2 aromatic rings. The van der Waals surface area contributed by atoms with E-state index in [-0.39, 0.29) is 0 Å². The van der Waals surface area contributed by atoms with Crippen LogP contribution in [-0.2, 0) is 19.5 Å². The summed E-state index contributed by atoms with van der Waals surface area (Å²) in [6.07, 6.45) is 4.59. The van der Waals surface area contributed by atoms with Gasteiger partial charge in [0.05, 0.1) is 6.54 Å². The van der Waals surface area contributed by atoms with E-state index in [0.29, 0.717) is 12.6 Å². The van der Waals surface area contributed by atoms with Gasteiger partial charge in [-0.15, -0.1) is 0 Å². The highest BCUT2D eigenvalue weighted by atomic mass is 15.2. The zero-order valence-corrected chi connectivity index (χ0v) is 10.9. The van der Waals surface area contributed by atoms with Crippen molar-refractivity contribution in [2.45, 2.75) is 25.6 Å². The largest absolute Gasteiger partial charge is 0.329 e. The van der Waals surface area contributed by atoms with Gasteiger partial charge in [-0.25, -0.2) is 9.97 Å². The van der Waals surface area contributed by atoms with Crippen LogP contribution >= 0.6 is 0 Å². The summed E-state index contributed by atoms with van der Waals surface area (Å²) in [5.41, 5.74) is 8.73. The molecule has 0 fully saturated rings. The number of benzene rings is 1. The van der Waals surface area contributed by atoms with E-state index in [2.05, 4.69) is 39.1 Å². The van der Waals surface area contributed by atoms with Crippen LogP contribution in [0.1, 0.15) is 17.0 Å². The number of hydrogen-bond acceptors (Lipinski definition) is 4. The molecule has 1 unspecified atom stereocenters. The lowest BCUT2D eigenvalue weighted by Crippen LogP contribution is -2.44. The lowest BCUT2D eigenvalue weighted by atomic mass is 9.94. The predicted molar refractivity (Wildman–Crippen MR) is 74.3 cm³/mol. The van der Waals surface area contributed by atoms with Crippen molar-refractivity contribution < 1.29 is 0 Å². The third-order valence-electron chi connectivity index (χ3n) is 3.70. The summed E-state index contributed by atoms with van der Waals surface area (Å²) >= 11 is 0. The molecule has 0 amide bonds. The number of rotatable bonds is 3. The van der Waals surface area contributed by atoms with Crippen molar-refractivity contribution in [2.24, 2.45) is 5.73 Å². The summed E-state index contributed by atoms with van der Waals surface area (Å²) in [6, 6.07) is 10.8. The lowest BCUT2D eigenvalue weighted by Gasteiger charge is -2.35. The summed E-state index contributed by atoms with van der Waals surface area (Å²) < 4.78 is 0. The molecule has 0 saturated heterocycles. The van der Waals surface area contributed by atoms with Crippen molar-refractivity contribution in [3.05, 3.63) is 59.7 Å². The third-order valence-corrected chi connectivity index (χ3v) is 3.70. The summed E-state index contributed by atoms with van der Waals surface area (Å²) in [6.45, 7) is 2.36. The first kappa shape index (κ1) is 12.3. The summed E-state index contributed by atoms with van der Waals surface area (Å²) in [4.78, 5) is 11.0. The Morgan fingerprint density at radius 1 is 1.11 bits per heavy atom. The topological polar surface area (TPSA) is 55.0 Å². The van der Waals surface area contributed by atoms with Gasteiger partial charge in [-0.3, -0.25) is 4.90 Å². The van der Waals surface area contributed by atoms with Crippen LogP contribution in [0.4, 0.5) is 0 Å². The zero-order chi connectivity index (χ0) is 13.1. The van der Waals surface area contributed by atoms with E-state index >= 15 is 0 Å². The fourth-order valence-electron chi connectivity index (χ4n) is 2.65. The molecule has 2 heterocycles. The number of nitrogens with two attached hydrogens (primary N) is 1. The average Bonchev–Trinajstić information content (AvgIpc) is 2.47. The Morgan fingerprint density at radius 3 is 2.58 bits per heavy atom. The van der Waals surface area contributed by atoms with Crippen LogP contribution in [-0.4, -0.2) is 27.5 Å². The molecule has 0 saturated carbocycles. The summed E-state index contributed by atoms with van der Waals surface area (Å²) in [5, 5.41) is 0. The first-order valence-corrected chi connectivity index (χ1v) is 6.63. The Kier molecular flexibility index (Phi) is 3.53. The summed E-state index contributed by atoms with van der Waals surface area (Å²) in [7, 11) is 0. The minimum absolute atomic E-state index is 0.374. The Hall–Kier alpha value is -1.78. The molecule has 19 heavy (non-hydrogen) atoms. The monoisotopic (exact) mass is 254 g/mol. The van der Waals surface area contributed by atoms with E-state index < -0.39 is 0 Å². The van der Waals surface area contributed by atoms with Crippen LogP contribution in [0.3, 0.4) is 0 Å². The first-order chi connectivity index (χ1) is 9.36. The van der Waals surface area contributed by atoms with E-state index in [9.17, 15) is 0 Å². The minimum Gasteiger partial charge on any atom is -0.329 e. The highest BCUT2D eigenvalue weighted by molar-refractivity contribution is 5.30. The van der Waals surface area contributed by atoms with Gasteiger partial charge in [-0.2, -0.15) is 0 Å². The second-order valence-corrected chi connectivity index (χ2v) is 4.93. The maximum Gasteiger partial charge on any atom is 0.142 e. The molecule has 1 atom stereocenters. The van der Waals surface area contributed by atoms with Gasteiger partial charge in [-0.05, 0) is 23.6 Å². The Bertz CT molecular complexity index is 541. The van der Waals surface area contributed by atoms with Gasteiger partial charge in [0.1, 0.15) is 5.82 Å². The quantitative estimate of drug-likeness (QED) is 0.898. The second kappa shape index (κ2) is 5.47. The zero-order valence-electron chi connectivity index (χ0n) is 10.9. The van der Waals surface area contributed by atoms with Crippen molar-refractivity contribution in [1.29, 1.82) is 0 Å². The molecule has 0 spiro atoms. The normalized spacial score (nSPS) is 19.1. The maximum absolute atomic E-state index is 5.92. The van der Waals surface area contributed by atoms with Crippen LogP contribution in [0.2, 0.25) is 0 Å². The minimum atomic E-state index is 0.374. The van der Waals surface area contributed by atoms with Crippen molar-refractivity contribution in [3.8, 4) is 0 Å². The van der Waals surface area contributed by atoms with Gasteiger partial charge in [0.2, 0.25) is 0 Å². The number of fused-ring (bicyclic) bond motifs is 1. The van der Waals surface area contributed by atoms with Crippen molar-refractivity contribution in [3.63, 3.8) is 0 Å². The smallest absolute Gasteiger partial charge is 0.142 e. The predicted octanol–water partition coefficient (Wildman–Crippen LogP) is 1.36. The molecule has 2 N–H and O–H groups in total. The third kappa shape index (κ3) is 2.64. The maximum atomic E-state index is 5.92. The number of hydrogen-bond donors (Lipinski definition) is 1. The molecule has 0 bridgehead atoms. The van der Waals surface area contributed by atoms with Crippen LogP contribution in [0.25, 0.3) is 0 Å². The molecule has 3 rings (SSSR count). The van der Waals surface area contributed by atoms with Gasteiger partial charge in [-0.1, -0.05) is 24.3 Å². The van der Waals surface area contributed by atoms with Crippen LogP contribution in [0.5, 0.6) is 0 Å². The Labute approximate surface area is 113 Å². The molecule has 0 radical (unpaired) electrons. The average molecular weight is 254 g/mol. The highest BCUT2D eigenvalue weighted by Crippen LogP contribution is 2.23. The number of nitrogens with zero attached hydrogens (tertiary/aromatic N) is 3. The highest BCUT2D eigenvalue weighted by Gasteiger charge is 2.25. The first-order valence-electron chi connectivity index (χ1n) is 6.63. The molecular formula is C15H18N4. The van der Waals surface area contributed by atoms with E-state index in [0.717, 1.165) is 25.3 Å². The van der Waals surface area contributed by atoms with Gasteiger partial charge in [0.15, 0.2) is 0 Å². The number of aromatic nitrogens is 2. The van der Waals surface area contributed by atoms with Crippen LogP contribution in [0.15, 0.2) is 42.7 Å². The molecule has 1 aromatic carbocycles. The SMILES string of the molecule is NCC1Cc2ccccc2CN1Cc1ncccn1. The van der Waals surface area contributed by atoms with E-state index in [4.69, 9.17) is 5.73 Å². The molecule has 1 aliphatic heterocycles.